The third-order valence-electron chi connectivity index (χ3n) is 2.28. The third kappa shape index (κ3) is 3.21. The summed E-state index contributed by atoms with van der Waals surface area (Å²) >= 11 is 0. The topological polar surface area (TPSA) is 26.3 Å². The summed E-state index contributed by atoms with van der Waals surface area (Å²) in [6.45, 7) is 2.02. The molecule has 0 atom stereocenters. The summed E-state index contributed by atoms with van der Waals surface area (Å²) < 4.78 is 4.65. The van der Waals surface area contributed by atoms with E-state index in [4.69, 9.17) is 0 Å². The van der Waals surface area contributed by atoms with Crippen LogP contribution in [0.15, 0.2) is 35.5 Å². The van der Waals surface area contributed by atoms with Crippen molar-refractivity contribution in [3.8, 4) is 0 Å². The average molecular weight is 192 g/mol. The molecule has 0 unspecified atom stereocenters. The molecule has 2 nitrogen and oxygen atoms in total. The molecule has 0 spiro atoms. The number of allylic oxidation sites excluding steroid dienone is 5. The second kappa shape index (κ2) is 5.43. The first kappa shape index (κ1) is 10.8. The monoisotopic (exact) mass is 192 g/mol. The summed E-state index contributed by atoms with van der Waals surface area (Å²) in [5, 5.41) is 0. The van der Waals surface area contributed by atoms with E-state index in [1.807, 2.05) is 19.1 Å². The van der Waals surface area contributed by atoms with Gasteiger partial charge in [0.2, 0.25) is 0 Å². The Hall–Kier alpha value is -1.31. The fourth-order valence-corrected chi connectivity index (χ4v) is 1.37. The number of carbonyl (C=O) groups excluding carboxylic acids is 1. The van der Waals surface area contributed by atoms with E-state index < -0.39 is 0 Å². The zero-order chi connectivity index (χ0) is 10.4. The summed E-state index contributed by atoms with van der Waals surface area (Å²) in [6, 6.07) is 0. The molecule has 1 aliphatic carbocycles. The fourth-order valence-electron chi connectivity index (χ4n) is 1.37. The quantitative estimate of drug-likeness (QED) is 0.629. The van der Waals surface area contributed by atoms with Gasteiger partial charge in [-0.3, -0.25) is 4.79 Å². The van der Waals surface area contributed by atoms with Gasteiger partial charge in [0.25, 0.3) is 0 Å². The molecule has 14 heavy (non-hydrogen) atoms. The first-order chi connectivity index (χ1) is 6.74. The van der Waals surface area contributed by atoms with Gasteiger partial charge in [-0.2, -0.15) is 0 Å². The van der Waals surface area contributed by atoms with E-state index in [0.717, 1.165) is 24.0 Å². The number of esters is 1. The van der Waals surface area contributed by atoms with Gasteiger partial charge < -0.3 is 4.74 Å². The zero-order valence-electron chi connectivity index (χ0n) is 8.75. The lowest BCUT2D eigenvalue weighted by atomic mass is 10.00. The largest absolute Gasteiger partial charge is 0.469 e. The molecule has 0 aromatic heterocycles. The van der Waals surface area contributed by atoms with Crippen LogP contribution in [0, 0.1) is 0 Å². The third-order valence-corrected chi connectivity index (χ3v) is 2.28. The highest BCUT2D eigenvalue weighted by molar-refractivity contribution is 5.73. The van der Waals surface area contributed by atoms with Gasteiger partial charge in [0, 0.05) is 0 Å². The van der Waals surface area contributed by atoms with E-state index >= 15 is 0 Å². The maximum atomic E-state index is 11.1. The molecule has 0 heterocycles. The van der Waals surface area contributed by atoms with E-state index in [-0.39, 0.29) is 5.97 Å². The molecule has 0 aromatic rings. The minimum absolute atomic E-state index is 0.173. The lowest BCUT2D eigenvalue weighted by Gasteiger charge is -2.08. The van der Waals surface area contributed by atoms with Crippen LogP contribution in [0.4, 0.5) is 0 Å². The van der Waals surface area contributed by atoms with Gasteiger partial charge in [-0.1, -0.05) is 24.3 Å². The van der Waals surface area contributed by atoms with Crippen molar-refractivity contribution >= 4 is 5.97 Å². The molecule has 0 saturated heterocycles. The summed E-state index contributed by atoms with van der Waals surface area (Å²) in [6.07, 6.45) is 10.7. The summed E-state index contributed by atoms with van der Waals surface area (Å²) in [7, 11) is 1.42. The van der Waals surface area contributed by atoms with E-state index in [9.17, 15) is 4.79 Å². The average Bonchev–Trinajstić information content (AvgIpc) is 2.17. The predicted octanol–water partition coefficient (Wildman–Crippen LogP) is 2.77. The molecule has 0 N–H and O–H groups in total. The molecule has 2 heteroatoms. The first-order valence-electron chi connectivity index (χ1n) is 4.83. The number of methoxy groups -OCH3 is 1. The number of carbonyl (C=O) groups is 1. The maximum Gasteiger partial charge on any atom is 0.309 e. The van der Waals surface area contributed by atoms with Crippen molar-refractivity contribution in [1.82, 2.24) is 0 Å². The van der Waals surface area contributed by atoms with Gasteiger partial charge in [0.05, 0.1) is 13.5 Å². The smallest absolute Gasteiger partial charge is 0.309 e. The van der Waals surface area contributed by atoms with Gasteiger partial charge in [0.1, 0.15) is 0 Å². The molecular formula is C12H16O2. The summed E-state index contributed by atoms with van der Waals surface area (Å²) in [4.78, 5) is 11.1. The molecule has 76 valence electrons. The molecule has 0 bridgehead atoms. The molecule has 0 radical (unpaired) electrons. The van der Waals surface area contributed by atoms with E-state index in [2.05, 4.69) is 16.9 Å². The molecule has 0 saturated carbocycles. The number of ether oxygens (including phenoxy) is 1. The van der Waals surface area contributed by atoms with Gasteiger partial charge in [-0.05, 0) is 30.9 Å². The van der Waals surface area contributed by atoms with Crippen LogP contribution < -0.4 is 0 Å². The van der Waals surface area contributed by atoms with Crippen molar-refractivity contribution < 1.29 is 9.53 Å². The van der Waals surface area contributed by atoms with E-state index in [1.54, 1.807) is 0 Å². The van der Waals surface area contributed by atoms with E-state index in [0.29, 0.717) is 6.42 Å². The van der Waals surface area contributed by atoms with Crippen molar-refractivity contribution in [3.05, 3.63) is 35.5 Å². The van der Waals surface area contributed by atoms with Crippen molar-refractivity contribution in [2.75, 3.05) is 7.11 Å². The van der Waals surface area contributed by atoms with Crippen LogP contribution in [0.5, 0.6) is 0 Å². The van der Waals surface area contributed by atoms with Crippen molar-refractivity contribution in [2.24, 2.45) is 0 Å². The molecular weight excluding hydrogens is 176 g/mol. The summed E-state index contributed by atoms with van der Waals surface area (Å²) in [5.74, 6) is -0.173. The molecule has 0 aromatic carbocycles. The molecule has 0 amide bonds. The highest BCUT2D eigenvalue weighted by atomic mass is 16.5. The van der Waals surface area contributed by atoms with Crippen molar-refractivity contribution in [2.45, 2.75) is 26.2 Å². The number of hydrogen-bond donors (Lipinski definition) is 0. The highest BCUT2D eigenvalue weighted by Gasteiger charge is 2.07. The minimum atomic E-state index is -0.173. The van der Waals surface area contributed by atoms with Crippen LogP contribution in [-0.2, 0) is 9.53 Å². The summed E-state index contributed by atoms with van der Waals surface area (Å²) in [5.41, 5.74) is 2.23. The van der Waals surface area contributed by atoms with Gasteiger partial charge in [-0.25, -0.2) is 0 Å². The van der Waals surface area contributed by atoms with Crippen molar-refractivity contribution in [1.29, 1.82) is 0 Å². The maximum absolute atomic E-state index is 11.1. The Morgan fingerprint density at radius 3 is 3.00 bits per heavy atom. The minimum Gasteiger partial charge on any atom is -0.469 e. The number of rotatable bonds is 2. The standard InChI is InChI=1S/C12H16O2/c1-10-7-5-3-4-6-8-11(10)9-12(13)14-2/h3,5,7-8H,4,6,9H2,1-2H3/b5-3+,10-7-,11-8-. The Morgan fingerprint density at radius 1 is 1.50 bits per heavy atom. The van der Waals surface area contributed by atoms with Crippen LogP contribution in [0.2, 0.25) is 0 Å². The van der Waals surface area contributed by atoms with Gasteiger partial charge in [-0.15, -0.1) is 0 Å². The second-order valence-electron chi connectivity index (χ2n) is 3.34. The first-order valence-corrected chi connectivity index (χ1v) is 4.83. The Morgan fingerprint density at radius 2 is 2.29 bits per heavy atom. The SMILES string of the molecule is COC(=O)CC1=C/CC/C=C/C=C\1C. The lowest BCUT2D eigenvalue weighted by molar-refractivity contribution is -0.139. The second-order valence-corrected chi connectivity index (χ2v) is 3.34. The molecule has 0 fully saturated rings. The van der Waals surface area contributed by atoms with Crippen LogP contribution in [0.25, 0.3) is 0 Å². The Labute approximate surface area is 85.0 Å². The predicted molar refractivity (Wildman–Crippen MR) is 56.8 cm³/mol. The normalized spacial score (nSPS) is 26.1. The fraction of sp³-hybridized carbons (Fsp3) is 0.417. The van der Waals surface area contributed by atoms with Crippen LogP contribution in [0.1, 0.15) is 26.2 Å². The molecule has 1 rings (SSSR count). The highest BCUT2D eigenvalue weighted by Crippen LogP contribution is 2.17. The van der Waals surface area contributed by atoms with Gasteiger partial charge >= 0.3 is 5.97 Å². The molecule has 1 aliphatic rings. The number of hydrogen-bond acceptors (Lipinski definition) is 2. The Balaban J connectivity index is 2.73. The lowest BCUT2D eigenvalue weighted by Crippen LogP contribution is -2.03. The Bertz CT molecular complexity index is 295. The Kier molecular flexibility index (Phi) is 4.17. The van der Waals surface area contributed by atoms with Gasteiger partial charge in [0.15, 0.2) is 0 Å². The van der Waals surface area contributed by atoms with Crippen molar-refractivity contribution in [3.63, 3.8) is 0 Å². The van der Waals surface area contributed by atoms with Crippen LogP contribution in [0.3, 0.4) is 0 Å². The molecule has 0 aliphatic heterocycles. The van der Waals surface area contributed by atoms with Crippen LogP contribution in [-0.4, -0.2) is 13.1 Å². The van der Waals surface area contributed by atoms with E-state index in [1.165, 1.54) is 7.11 Å². The zero-order valence-corrected chi connectivity index (χ0v) is 8.75. The van der Waals surface area contributed by atoms with Crippen LogP contribution >= 0.6 is 0 Å².